The summed E-state index contributed by atoms with van der Waals surface area (Å²) < 4.78 is 38.1. The maximum atomic E-state index is 12.7. The first-order valence-electron chi connectivity index (χ1n) is 5.82. The van der Waals surface area contributed by atoms with E-state index in [0.717, 1.165) is 12.1 Å². The number of benzene rings is 2. The van der Waals surface area contributed by atoms with Crippen molar-refractivity contribution in [3.8, 4) is 0 Å². The quantitative estimate of drug-likeness (QED) is 0.684. The Bertz CT molecular complexity index is 656. The van der Waals surface area contributed by atoms with Gasteiger partial charge >= 0.3 is 6.18 Å². The molecule has 2 aromatic rings. The maximum Gasteiger partial charge on any atom is 0.416 e. The molecule has 0 amide bonds. The molecule has 1 N–H and O–H groups in total. The monoisotopic (exact) mass is 353 g/mol. The van der Waals surface area contributed by atoms with Gasteiger partial charge in [0.1, 0.15) is 0 Å². The van der Waals surface area contributed by atoms with Crippen LogP contribution in [0.15, 0.2) is 36.4 Å². The standard InChI is InChI=1S/C14H9Cl3F3N/c15-10-4-9(14(18,19)20)5-11(6-10)21-7-8-2-1-3-12(16)13(8)17/h1-6,21H,7H2. The SMILES string of the molecule is FC(F)(F)c1cc(Cl)cc(NCc2cccc(Cl)c2Cl)c1. The van der Waals surface area contributed by atoms with Crippen LogP contribution < -0.4 is 5.32 Å². The van der Waals surface area contributed by atoms with E-state index < -0.39 is 11.7 Å². The van der Waals surface area contributed by atoms with E-state index in [1.54, 1.807) is 18.2 Å². The summed E-state index contributed by atoms with van der Waals surface area (Å²) in [6.07, 6.45) is -4.45. The number of hydrogen-bond acceptors (Lipinski definition) is 1. The highest BCUT2D eigenvalue weighted by Crippen LogP contribution is 2.33. The smallest absolute Gasteiger partial charge is 0.381 e. The van der Waals surface area contributed by atoms with Crippen LogP contribution in [0.2, 0.25) is 15.1 Å². The molecular weight excluding hydrogens is 346 g/mol. The predicted octanol–water partition coefficient (Wildman–Crippen LogP) is 6.28. The van der Waals surface area contributed by atoms with Gasteiger partial charge in [-0.1, -0.05) is 46.9 Å². The van der Waals surface area contributed by atoms with E-state index in [2.05, 4.69) is 5.32 Å². The number of halogens is 6. The average Bonchev–Trinajstić information content (AvgIpc) is 2.39. The number of rotatable bonds is 3. The van der Waals surface area contributed by atoms with Crippen molar-refractivity contribution in [1.29, 1.82) is 0 Å². The van der Waals surface area contributed by atoms with Crippen LogP contribution in [-0.2, 0) is 12.7 Å². The Morgan fingerprint density at radius 1 is 1.00 bits per heavy atom. The minimum absolute atomic E-state index is 0.00418. The van der Waals surface area contributed by atoms with Gasteiger partial charge in [-0.15, -0.1) is 0 Å². The number of hydrogen-bond donors (Lipinski definition) is 1. The molecule has 0 bridgehead atoms. The first-order chi connectivity index (χ1) is 9.77. The molecule has 1 nitrogen and oxygen atoms in total. The third kappa shape index (κ3) is 4.19. The van der Waals surface area contributed by atoms with Crippen molar-refractivity contribution >= 4 is 40.5 Å². The third-order valence-corrected chi connectivity index (χ3v) is 3.82. The van der Waals surface area contributed by atoms with Gasteiger partial charge < -0.3 is 5.32 Å². The molecule has 0 radical (unpaired) electrons. The molecule has 112 valence electrons. The van der Waals surface area contributed by atoms with E-state index in [-0.39, 0.29) is 17.3 Å². The minimum Gasteiger partial charge on any atom is -0.381 e. The Morgan fingerprint density at radius 3 is 2.38 bits per heavy atom. The Hall–Kier alpha value is -1.10. The van der Waals surface area contributed by atoms with Crippen molar-refractivity contribution < 1.29 is 13.2 Å². The second kappa shape index (κ2) is 6.34. The summed E-state index contributed by atoms with van der Waals surface area (Å²) in [5.41, 5.74) is 0.123. The number of nitrogens with one attached hydrogen (secondary N) is 1. The molecule has 0 unspecified atom stereocenters. The van der Waals surface area contributed by atoms with Gasteiger partial charge in [-0.05, 0) is 29.8 Å². The fourth-order valence-corrected chi connectivity index (χ4v) is 2.36. The molecule has 21 heavy (non-hydrogen) atoms. The lowest BCUT2D eigenvalue weighted by molar-refractivity contribution is -0.137. The van der Waals surface area contributed by atoms with Crippen molar-refractivity contribution in [2.75, 3.05) is 5.32 Å². The molecule has 0 fully saturated rings. The van der Waals surface area contributed by atoms with E-state index >= 15 is 0 Å². The van der Waals surface area contributed by atoms with Gasteiger partial charge in [0.25, 0.3) is 0 Å². The molecule has 0 heterocycles. The van der Waals surface area contributed by atoms with Crippen LogP contribution in [0.1, 0.15) is 11.1 Å². The van der Waals surface area contributed by atoms with Gasteiger partial charge in [0.2, 0.25) is 0 Å². The summed E-state index contributed by atoms with van der Waals surface area (Å²) in [6.45, 7) is 0.233. The van der Waals surface area contributed by atoms with Crippen molar-refractivity contribution in [2.45, 2.75) is 12.7 Å². The normalized spacial score (nSPS) is 11.5. The molecule has 2 aromatic carbocycles. The van der Waals surface area contributed by atoms with Crippen molar-refractivity contribution in [2.24, 2.45) is 0 Å². The van der Waals surface area contributed by atoms with Crippen LogP contribution in [-0.4, -0.2) is 0 Å². The molecule has 0 atom stereocenters. The van der Waals surface area contributed by atoms with Crippen molar-refractivity contribution in [3.63, 3.8) is 0 Å². The zero-order valence-corrected chi connectivity index (χ0v) is 12.7. The summed E-state index contributed by atoms with van der Waals surface area (Å²) in [4.78, 5) is 0. The second-order valence-electron chi connectivity index (χ2n) is 4.29. The van der Waals surface area contributed by atoms with E-state index in [0.29, 0.717) is 15.6 Å². The topological polar surface area (TPSA) is 12.0 Å². The highest BCUT2D eigenvalue weighted by atomic mass is 35.5. The Morgan fingerprint density at radius 2 is 1.71 bits per heavy atom. The van der Waals surface area contributed by atoms with Crippen molar-refractivity contribution in [3.05, 3.63) is 62.6 Å². The second-order valence-corrected chi connectivity index (χ2v) is 5.51. The summed E-state index contributed by atoms with van der Waals surface area (Å²) in [5, 5.41) is 3.61. The molecule has 7 heteroatoms. The molecule has 0 aliphatic heterocycles. The van der Waals surface area contributed by atoms with Crippen LogP contribution in [0.5, 0.6) is 0 Å². The molecule has 0 aliphatic rings. The fraction of sp³-hybridized carbons (Fsp3) is 0.143. The lowest BCUT2D eigenvalue weighted by Crippen LogP contribution is -2.07. The molecule has 0 saturated carbocycles. The van der Waals surface area contributed by atoms with Crippen LogP contribution in [0, 0.1) is 0 Å². The maximum absolute atomic E-state index is 12.7. The molecule has 0 spiro atoms. The van der Waals surface area contributed by atoms with E-state index in [4.69, 9.17) is 34.8 Å². The number of anilines is 1. The first-order valence-corrected chi connectivity index (χ1v) is 6.95. The van der Waals surface area contributed by atoms with Gasteiger partial charge in [0.05, 0.1) is 15.6 Å². The Labute approximate surface area is 134 Å². The number of alkyl halides is 3. The molecular formula is C14H9Cl3F3N. The summed E-state index contributed by atoms with van der Waals surface area (Å²) in [5.74, 6) is 0. The van der Waals surface area contributed by atoms with Gasteiger partial charge in [0.15, 0.2) is 0 Å². The zero-order valence-electron chi connectivity index (χ0n) is 10.4. The van der Waals surface area contributed by atoms with Crippen LogP contribution in [0.3, 0.4) is 0 Å². The lowest BCUT2D eigenvalue weighted by Gasteiger charge is -2.12. The molecule has 0 aromatic heterocycles. The van der Waals surface area contributed by atoms with Gasteiger partial charge in [-0.3, -0.25) is 0 Å². The van der Waals surface area contributed by atoms with E-state index in [1.807, 2.05) is 0 Å². The fourth-order valence-electron chi connectivity index (χ4n) is 1.74. The zero-order chi connectivity index (χ0) is 15.6. The summed E-state index contributed by atoms with van der Waals surface area (Å²) in [7, 11) is 0. The Kier molecular flexibility index (Phi) is 4.91. The predicted molar refractivity (Wildman–Crippen MR) is 80.2 cm³/mol. The van der Waals surface area contributed by atoms with Gasteiger partial charge in [0, 0.05) is 17.3 Å². The van der Waals surface area contributed by atoms with Gasteiger partial charge in [-0.2, -0.15) is 13.2 Å². The Balaban J connectivity index is 2.21. The largest absolute Gasteiger partial charge is 0.416 e. The summed E-state index contributed by atoms with van der Waals surface area (Å²) >= 11 is 17.6. The average molecular weight is 355 g/mol. The molecule has 0 saturated heterocycles. The van der Waals surface area contributed by atoms with Crippen LogP contribution >= 0.6 is 34.8 Å². The van der Waals surface area contributed by atoms with Crippen LogP contribution in [0.25, 0.3) is 0 Å². The molecule has 0 aliphatic carbocycles. The van der Waals surface area contributed by atoms with E-state index in [1.165, 1.54) is 6.07 Å². The summed E-state index contributed by atoms with van der Waals surface area (Å²) in [6, 6.07) is 8.36. The minimum atomic E-state index is -4.45. The molecule has 2 rings (SSSR count). The van der Waals surface area contributed by atoms with E-state index in [9.17, 15) is 13.2 Å². The third-order valence-electron chi connectivity index (χ3n) is 2.74. The van der Waals surface area contributed by atoms with Crippen LogP contribution in [0.4, 0.5) is 18.9 Å². The first kappa shape index (κ1) is 16.3. The highest BCUT2D eigenvalue weighted by molar-refractivity contribution is 6.42. The highest BCUT2D eigenvalue weighted by Gasteiger charge is 2.31. The lowest BCUT2D eigenvalue weighted by atomic mass is 10.1. The van der Waals surface area contributed by atoms with Gasteiger partial charge in [-0.25, -0.2) is 0 Å². The van der Waals surface area contributed by atoms with Crippen molar-refractivity contribution in [1.82, 2.24) is 0 Å².